The van der Waals surface area contributed by atoms with E-state index in [0.717, 1.165) is 6.04 Å². The van der Waals surface area contributed by atoms with Crippen LogP contribution in [0.3, 0.4) is 0 Å². The maximum Gasteiger partial charge on any atom is 0.228 e. The van der Waals surface area contributed by atoms with Gasteiger partial charge in [-0.3, -0.25) is 4.68 Å². The predicted octanol–water partition coefficient (Wildman–Crippen LogP) is 3.95. The standard InChI is InChI=1S/C18H17ClFN5O2S.C6H8N2/c1-10-11(2)22-17-16(21-10)15(13-4-3-12(19)9-14(13)20)23-18(24-17)25-5-7-28(26,27)8-6-25;1-4-7-8(5-1)6-2-3-6/h3-4,9H,5-8H2,1-2H3;1,4-6H,2-3H2. The Hall–Kier alpha value is -3.18. The summed E-state index contributed by atoms with van der Waals surface area (Å²) in [5, 5.41) is 4.37. The fourth-order valence-corrected chi connectivity index (χ4v) is 5.22. The van der Waals surface area contributed by atoms with Gasteiger partial charge >= 0.3 is 0 Å². The van der Waals surface area contributed by atoms with E-state index in [0.29, 0.717) is 34.2 Å². The Morgan fingerprint density at radius 3 is 2.39 bits per heavy atom. The highest BCUT2D eigenvalue weighted by atomic mass is 35.5. The van der Waals surface area contributed by atoms with E-state index >= 15 is 0 Å². The SMILES string of the molecule is Cc1nc2nc(N3CCS(=O)(=O)CC3)nc(-c3ccc(Cl)cc3F)c2nc1C.c1cnn(C2CC2)c1. The number of anilines is 1. The molecule has 36 heavy (non-hydrogen) atoms. The van der Waals surface area contributed by atoms with Crippen LogP contribution in [0.5, 0.6) is 0 Å². The molecule has 1 saturated carbocycles. The van der Waals surface area contributed by atoms with Crippen LogP contribution in [0.2, 0.25) is 5.02 Å². The van der Waals surface area contributed by atoms with Crippen molar-refractivity contribution in [2.45, 2.75) is 32.7 Å². The average Bonchev–Trinajstić information content (AvgIpc) is 3.54. The third kappa shape index (κ3) is 5.31. The molecule has 0 unspecified atom stereocenters. The monoisotopic (exact) mass is 529 g/mol. The van der Waals surface area contributed by atoms with Gasteiger partial charge in [-0.05, 0) is 51.0 Å². The molecule has 12 heteroatoms. The third-order valence-electron chi connectivity index (χ3n) is 6.19. The molecule has 4 aromatic rings. The number of aryl methyl sites for hydroxylation is 2. The van der Waals surface area contributed by atoms with Crippen molar-refractivity contribution in [2.24, 2.45) is 0 Å². The fourth-order valence-electron chi connectivity index (χ4n) is 3.86. The number of nitrogens with zero attached hydrogens (tertiary/aromatic N) is 7. The molecule has 1 aliphatic heterocycles. The van der Waals surface area contributed by atoms with Gasteiger partial charge in [-0.25, -0.2) is 27.8 Å². The normalized spacial score (nSPS) is 17.1. The lowest BCUT2D eigenvalue weighted by atomic mass is 10.1. The highest BCUT2D eigenvalue weighted by Gasteiger charge is 2.26. The van der Waals surface area contributed by atoms with Gasteiger partial charge in [0.1, 0.15) is 17.0 Å². The molecule has 2 fully saturated rings. The molecule has 0 N–H and O–H groups in total. The second kappa shape index (κ2) is 9.70. The molecule has 0 amide bonds. The van der Waals surface area contributed by atoms with E-state index in [1.807, 2.05) is 37.0 Å². The van der Waals surface area contributed by atoms with Crippen molar-refractivity contribution in [2.75, 3.05) is 29.5 Å². The number of benzene rings is 1. The average molecular weight is 530 g/mol. The Labute approximate surface area is 213 Å². The fraction of sp³-hybridized carbons (Fsp3) is 0.375. The molecule has 0 atom stereocenters. The predicted molar refractivity (Wildman–Crippen MR) is 136 cm³/mol. The summed E-state index contributed by atoms with van der Waals surface area (Å²) < 4.78 is 40.1. The van der Waals surface area contributed by atoms with Gasteiger partial charge in [-0.1, -0.05) is 11.6 Å². The molecule has 3 aromatic heterocycles. The van der Waals surface area contributed by atoms with Gasteiger partial charge < -0.3 is 4.90 Å². The van der Waals surface area contributed by atoms with Crippen molar-refractivity contribution in [1.29, 1.82) is 0 Å². The minimum absolute atomic E-state index is 0.0254. The number of hydrogen-bond donors (Lipinski definition) is 0. The van der Waals surface area contributed by atoms with Crippen LogP contribution in [0.25, 0.3) is 22.4 Å². The van der Waals surface area contributed by atoms with Gasteiger partial charge in [-0.2, -0.15) is 10.1 Å². The molecule has 1 saturated heterocycles. The highest BCUT2D eigenvalue weighted by molar-refractivity contribution is 7.91. The van der Waals surface area contributed by atoms with Gasteiger partial charge in [-0.15, -0.1) is 0 Å². The summed E-state index contributed by atoms with van der Waals surface area (Å²) in [6, 6.07) is 7.05. The van der Waals surface area contributed by atoms with E-state index < -0.39 is 15.7 Å². The summed E-state index contributed by atoms with van der Waals surface area (Å²) in [6.07, 6.45) is 6.50. The summed E-state index contributed by atoms with van der Waals surface area (Å²) >= 11 is 5.88. The Morgan fingerprint density at radius 1 is 1.03 bits per heavy atom. The Bertz CT molecular complexity index is 1510. The third-order valence-corrected chi connectivity index (χ3v) is 8.03. The zero-order valence-corrected chi connectivity index (χ0v) is 21.5. The zero-order chi connectivity index (χ0) is 25.4. The van der Waals surface area contributed by atoms with Crippen molar-refractivity contribution in [3.63, 3.8) is 0 Å². The van der Waals surface area contributed by atoms with Crippen LogP contribution in [-0.4, -0.2) is 62.7 Å². The summed E-state index contributed by atoms with van der Waals surface area (Å²) in [4.78, 5) is 19.8. The van der Waals surface area contributed by atoms with Crippen molar-refractivity contribution >= 4 is 38.6 Å². The Morgan fingerprint density at radius 2 is 1.75 bits per heavy atom. The number of sulfone groups is 1. The number of fused-ring (bicyclic) bond motifs is 1. The molecule has 1 aromatic carbocycles. The van der Waals surface area contributed by atoms with Crippen LogP contribution in [0.15, 0.2) is 36.7 Å². The lowest BCUT2D eigenvalue weighted by Crippen LogP contribution is -2.41. The van der Waals surface area contributed by atoms with Gasteiger partial charge in [0.15, 0.2) is 15.5 Å². The molecule has 9 nitrogen and oxygen atoms in total. The van der Waals surface area contributed by atoms with E-state index in [4.69, 9.17) is 11.6 Å². The Balaban J connectivity index is 0.000000280. The zero-order valence-electron chi connectivity index (χ0n) is 19.9. The molecule has 188 valence electrons. The van der Waals surface area contributed by atoms with Crippen molar-refractivity contribution in [3.8, 4) is 11.3 Å². The molecule has 1 aliphatic carbocycles. The van der Waals surface area contributed by atoms with E-state index in [9.17, 15) is 12.8 Å². The minimum Gasteiger partial charge on any atom is -0.339 e. The molecule has 0 bridgehead atoms. The summed E-state index contributed by atoms with van der Waals surface area (Å²) in [5.41, 5.74) is 2.67. The molecular weight excluding hydrogens is 505 g/mol. The van der Waals surface area contributed by atoms with Gasteiger partial charge in [0.25, 0.3) is 0 Å². The molecule has 2 aliphatic rings. The highest BCUT2D eigenvalue weighted by Crippen LogP contribution is 2.33. The van der Waals surface area contributed by atoms with Crippen LogP contribution >= 0.6 is 11.6 Å². The first-order chi connectivity index (χ1) is 17.2. The molecule has 4 heterocycles. The topological polar surface area (TPSA) is 107 Å². The maximum atomic E-state index is 14.6. The van der Waals surface area contributed by atoms with Gasteiger partial charge in [0, 0.05) is 36.1 Å². The Kier molecular flexibility index (Phi) is 6.60. The second-order valence-electron chi connectivity index (χ2n) is 8.92. The lowest BCUT2D eigenvalue weighted by Gasteiger charge is -2.27. The molecular formula is C24H25ClFN7O2S. The largest absolute Gasteiger partial charge is 0.339 e. The van der Waals surface area contributed by atoms with Gasteiger partial charge in [0.2, 0.25) is 5.95 Å². The van der Waals surface area contributed by atoms with Crippen molar-refractivity contribution < 1.29 is 12.8 Å². The van der Waals surface area contributed by atoms with Crippen LogP contribution in [0.1, 0.15) is 30.3 Å². The number of aromatic nitrogens is 6. The number of halogens is 2. The molecule has 6 rings (SSSR count). The van der Waals surface area contributed by atoms with Gasteiger partial charge in [0.05, 0.1) is 28.9 Å². The van der Waals surface area contributed by atoms with E-state index in [1.54, 1.807) is 17.0 Å². The second-order valence-corrected chi connectivity index (χ2v) is 11.7. The first-order valence-corrected chi connectivity index (χ1v) is 13.8. The van der Waals surface area contributed by atoms with E-state index in [1.165, 1.54) is 18.9 Å². The minimum atomic E-state index is -3.05. The number of hydrogen-bond acceptors (Lipinski definition) is 8. The molecule has 0 radical (unpaired) electrons. The quantitative estimate of drug-likeness (QED) is 0.392. The van der Waals surface area contributed by atoms with E-state index in [-0.39, 0.29) is 35.2 Å². The maximum absolute atomic E-state index is 14.6. The smallest absolute Gasteiger partial charge is 0.228 e. The summed E-state index contributed by atoms with van der Waals surface area (Å²) in [5.74, 6) is -0.168. The first-order valence-electron chi connectivity index (χ1n) is 11.6. The van der Waals surface area contributed by atoms with Crippen LogP contribution < -0.4 is 4.90 Å². The van der Waals surface area contributed by atoms with Crippen LogP contribution in [0, 0.1) is 19.7 Å². The first kappa shape index (κ1) is 24.5. The summed E-state index contributed by atoms with van der Waals surface area (Å²) in [7, 11) is -3.05. The van der Waals surface area contributed by atoms with Crippen LogP contribution in [0.4, 0.5) is 10.3 Å². The van der Waals surface area contributed by atoms with Crippen molar-refractivity contribution in [1.82, 2.24) is 29.7 Å². The molecule has 0 spiro atoms. The van der Waals surface area contributed by atoms with Crippen LogP contribution in [-0.2, 0) is 9.84 Å². The number of rotatable bonds is 3. The van der Waals surface area contributed by atoms with Crippen molar-refractivity contribution in [3.05, 3.63) is 58.9 Å². The van der Waals surface area contributed by atoms with E-state index in [2.05, 4.69) is 25.0 Å². The lowest BCUT2D eigenvalue weighted by molar-refractivity contribution is 0.585. The summed E-state index contributed by atoms with van der Waals surface area (Å²) in [6.45, 7) is 4.18.